The van der Waals surface area contributed by atoms with Crippen LogP contribution >= 0.6 is 0 Å². The molecular weight excluding hydrogens is 434 g/mol. The Morgan fingerprint density at radius 3 is 2.15 bits per heavy atom. The van der Waals surface area contributed by atoms with Crippen LogP contribution in [-0.2, 0) is 14.3 Å². The Labute approximate surface area is 201 Å². The number of nitrogens with zero attached hydrogens (tertiary/aromatic N) is 1. The molecule has 0 aliphatic carbocycles. The van der Waals surface area contributed by atoms with Gasteiger partial charge in [0.1, 0.15) is 23.9 Å². The number of carbonyl (C=O) groups is 3. The van der Waals surface area contributed by atoms with E-state index in [2.05, 4.69) is 10.6 Å². The first-order valence-electron chi connectivity index (χ1n) is 11.3. The van der Waals surface area contributed by atoms with Crippen LogP contribution in [0.4, 0.5) is 10.5 Å². The molecule has 2 rings (SSSR count). The van der Waals surface area contributed by atoms with E-state index >= 15 is 0 Å². The first-order valence-corrected chi connectivity index (χ1v) is 11.3. The van der Waals surface area contributed by atoms with E-state index in [9.17, 15) is 19.5 Å². The first kappa shape index (κ1) is 26.7. The number of phenols is 1. The number of alkyl carbamates (subject to hydrolysis) is 1. The van der Waals surface area contributed by atoms with Crippen LogP contribution in [0.2, 0.25) is 0 Å². The maximum Gasteiger partial charge on any atom is 0.408 e. The summed E-state index contributed by atoms with van der Waals surface area (Å²) in [4.78, 5) is 40.3. The van der Waals surface area contributed by atoms with Gasteiger partial charge in [0.2, 0.25) is 5.91 Å². The van der Waals surface area contributed by atoms with Crippen molar-refractivity contribution in [3.8, 4) is 5.75 Å². The Kier molecular flexibility index (Phi) is 9.06. The second-order valence-electron chi connectivity index (χ2n) is 9.19. The number of nitrogens with one attached hydrogen (secondary N) is 2. The zero-order chi connectivity index (χ0) is 25.5. The van der Waals surface area contributed by atoms with Gasteiger partial charge < -0.3 is 25.4 Å². The Hall–Kier alpha value is -3.55. The van der Waals surface area contributed by atoms with E-state index in [-0.39, 0.29) is 18.2 Å². The molecule has 0 aromatic heterocycles. The van der Waals surface area contributed by atoms with Gasteiger partial charge in [0.15, 0.2) is 0 Å². The Bertz CT molecular complexity index is 992. The molecule has 0 saturated carbocycles. The van der Waals surface area contributed by atoms with Crippen molar-refractivity contribution in [1.82, 2.24) is 10.2 Å². The van der Waals surface area contributed by atoms with Gasteiger partial charge >= 0.3 is 6.09 Å². The molecule has 8 nitrogen and oxygen atoms in total. The normalized spacial score (nSPS) is 11.9. The molecule has 0 aliphatic rings. The first-order chi connectivity index (χ1) is 15.9. The molecule has 0 saturated heterocycles. The fourth-order valence-corrected chi connectivity index (χ4v) is 3.53. The molecule has 8 heteroatoms. The van der Waals surface area contributed by atoms with Crippen LogP contribution < -0.4 is 10.6 Å². The monoisotopic (exact) mass is 469 g/mol. The molecule has 184 valence electrons. The highest BCUT2D eigenvalue weighted by molar-refractivity contribution is 5.99. The standard InChI is InChI=1S/C26H35N3O5/c1-7-15-29(21(31)16-27-25(33)34-26(4,5)6)23(19-11-13-20(30)14-12-19)24(32)28-22-17(2)9-8-10-18(22)3/h8-14,23,30H,7,15-16H2,1-6H3,(H,27,33)(H,28,32). The summed E-state index contributed by atoms with van der Waals surface area (Å²) in [5.74, 6) is -0.762. The number of amides is 3. The smallest absolute Gasteiger partial charge is 0.408 e. The Morgan fingerprint density at radius 1 is 1.03 bits per heavy atom. The third-order valence-corrected chi connectivity index (χ3v) is 5.07. The predicted molar refractivity (Wildman–Crippen MR) is 132 cm³/mol. The van der Waals surface area contributed by atoms with E-state index in [1.165, 1.54) is 17.0 Å². The summed E-state index contributed by atoms with van der Waals surface area (Å²) in [7, 11) is 0. The number of carbonyl (C=O) groups excluding carboxylic acids is 3. The van der Waals surface area contributed by atoms with E-state index in [0.717, 1.165) is 11.1 Å². The molecule has 0 spiro atoms. The van der Waals surface area contributed by atoms with Gasteiger partial charge in [-0.2, -0.15) is 0 Å². The maximum absolute atomic E-state index is 13.6. The zero-order valence-corrected chi connectivity index (χ0v) is 20.8. The van der Waals surface area contributed by atoms with Crippen LogP contribution in [0.1, 0.15) is 56.8 Å². The van der Waals surface area contributed by atoms with Crippen LogP contribution in [-0.4, -0.2) is 46.6 Å². The van der Waals surface area contributed by atoms with Crippen LogP contribution in [0.25, 0.3) is 0 Å². The predicted octanol–water partition coefficient (Wildman–Crippen LogP) is 4.45. The molecule has 3 N–H and O–H groups in total. The van der Waals surface area contributed by atoms with Crippen molar-refractivity contribution < 1.29 is 24.2 Å². The number of phenolic OH excluding ortho intramolecular Hbond substituents is 1. The van der Waals surface area contributed by atoms with Crippen molar-refractivity contribution in [3.05, 3.63) is 59.2 Å². The Balaban J connectivity index is 2.35. The van der Waals surface area contributed by atoms with Gasteiger partial charge in [0.25, 0.3) is 5.91 Å². The second kappa shape index (κ2) is 11.5. The van der Waals surface area contributed by atoms with E-state index < -0.39 is 23.6 Å². The summed E-state index contributed by atoms with van der Waals surface area (Å²) in [5, 5.41) is 15.2. The van der Waals surface area contributed by atoms with Gasteiger partial charge in [-0.3, -0.25) is 9.59 Å². The largest absolute Gasteiger partial charge is 0.508 e. The van der Waals surface area contributed by atoms with Crippen LogP contribution in [0, 0.1) is 13.8 Å². The fourth-order valence-electron chi connectivity index (χ4n) is 3.53. The van der Waals surface area contributed by atoms with E-state index in [0.29, 0.717) is 24.2 Å². The molecule has 0 bridgehead atoms. The molecular formula is C26H35N3O5. The van der Waals surface area contributed by atoms with Gasteiger partial charge in [0.05, 0.1) is 0 Å². The summed E-state index contributed by atoms with van der Waals surface area (Å²) in [6.07, 6.45) is -0.109. The van der Waals surface area contributed by atoms with Crippen LogP contribution in [0.3, 0.4) is 0 Å². The molecule has 2 aromatic carbocycles. The highest BCUT2D eigenvalue weighted by Gasteiger charge is 2.32. The minimum absolute atomic E-state index is 0.0533. The number of aryl methyl sites for hydroxylation is 2. The second-order valence-corrected chi connectivity index (χ2v) is 9.19. The van der Waals surface area contributed by atoms with Crippen LogP contribution in [0.5, 0.6) is 5.75 Å². The number of hydrogen-bond acceptors (Lipinski definition) is 5. The molecule has 0 aliphatic heterocycles. The highest BCUT2D eigenvalue weighted by atomic mass is 16.6. The lowest BCUT2D eigenvalue weighted by Crippen LogP contribution is -2.46. The molecule has 2 aromatic rings. The lowest BCUT2D eigenvalue weighted by atomic mass is 10.0. The van der Waals surface area contributed by atoms with E-state index in [1.807, 2.05) is 39.0 Å². The highest BCUT2D eigenvalue weighted by Crippen LogP contribution is 2.27. The van der Waals surface area contributed by atoms with Crippen molar-refractivity contribution >= 4 is 23.6 Å². The molecule has 1 unspecified atom stereocenters. The van der Waals surface area contributed by atoms with E-state index in [4.69, 9.17) is 4.74 Å². The van der Waals surface area contributed by atoms with Crippen LogP contribution in [0.15, 0.2) is 42.5 Å². The van der Waals surface area contributed by atoms with E-state index in [1.54, 1.807) is 32.9 Å². The van der Waals surface area contributed by atoms with Crippen molar-refractivity contribution in [2.45, 2.75) is 59.6 Å². The number of anilines is 1. The molecule has 3 amide bonds. The Morgan fingerprint density at radius 2 is 1.62 bits per heavy atom. The minimum Gasteiger partial charge on any atom is -0.508 e. The third-order valence-electron chi connectivity index (χ3n) is 5.07. The van der Waals surface area contributed by atoms with Crippen molar-refractivity contribution in [3.63, 3.8) is 0 Å². The number of benzene rings is 2. The van der Waals surface area contributed by atoms with Crippen molar-refractivity contribution in [1.29, 1.82) is 0 Å². The number of aromatic hydroxyl groups is 1. The average Bonchev–Trinajstić information content (AvgIpc) is 2.74. The third kappa shape index (κ3) is 7.50. The summed E-state index contributed by atoms with van der Waals surface area (Å²) >= 11 is 0. The van der Waals surface area contributed by atoms with Gasteiger partial charge in [-0.25, -0.2) is 4.79 Å². The van der Waals surface area contributed by atoms with Gasteiger partial charge in [-0.05, 0) is 69.9 Å². The zero-order valence-electron chi connectivity index (χ0n) is 20.8. The lowest BCUT2D eigenvalue weighted by molar-refractivity contribution is -0.138. The number of hydrogen-bond donors (Lipinski definition) is 3. The number of rotatable bonds is 8. The summed E-state index contributed by atoms with van der Waals surface area (Å²) < 4.78 is 5.21. The summed E-state index contributed by atoms with van der Waals surface area (Å²) in [5.41, 5.74) is 2.33. The molecule has 1 atom stereocenters. The fraction of sp³-hybridized carbons (Fsp3) is 0.423. The average molecular weight is 470 g/mol. The minimum atomic E-state index is -0.965. The number of ether oxygens (including phenoxy) is 1. The summed E-state index contributed by atoms with van der Waals surface area (Å²) in [6.45, 7) is 10.9. The van der Waals surface area contributed by atoms with Crippen molar-refractivity contribution in [2.75, 3.05) is 18.4 Å². The maximum atomic E-state index is 13.6. The quantitative estimate of drug-likeness (QED) is 0.529. The van der Waals surface area contributed by atoms with Crippen molar-refractivity contribution in [2.24, 2.45) is 0 Å². The van der Waals surface area contributed by atoms with Gasteiger partial charge in [-0.1, -0.05) is 37.3 Å². The molecule has 0 fully saturated rings. The SMILES string of the molecule is CCCN(C(=O)CNC(=O)OC(C)(C)C)C(C(=O)Nc1c(C)cccc1C)c1ccc(O)cc1. The molecule has 34 heavy (non-hydrogen) atoms. The van der Waals surface area contributed by atoms with Gasteiger partial charge in [-0.15, -0.1) is 0 Å². The summed E-state index contributed by atoms with van der Waals surface area (Å²) in [6, 6.07) is 10.9. The van der Waals surface area contributed by atoms with Gasteiger partial charge in [0, 0.05) is 12.2 Å². The lowest BCUT2D eigenvalue weighted by Gasteiger charge is -2.32. The molecule has 0 radical (unpaired) electrons. The topological polar surface area (TPSA) is 108 Å². The molecule has 0 heterocycles. The number of para-hydroxylation sites is 1.